The topological polar surface area (TPSA) is 63.6 Å². The Balaban J connectivity index is 3.30. The zero-order valence-corrected chi connectivity index (χ0v) is 6.52. The van der Waals surface area contributed by atoms with Crippen LogP contribution in [0.4, 0.5) is 0 Å². The summed E-state index contributed by atoms with van der Waals surface area (Å²) in [6.07, 6.45) is 0.0109. The van der Waals surface area contributed by atoms with E-state index in [0.717, 1.165) is 0 Å². The van der Waals surface area contributed by atoms with Gasteiger partial charge in [-0.3, -0.25) is 4.79 Å². The zero-order valence-electron chi connectivity index (χ0n) is 5.70. The van der Waals surface area contributed by atoms with Crippen LogP contribution in [0.3, 0.4) is 0 Å². The normalized spacial score (nSPS) is 12.6. The van der Waals surface area contributed by atoms with E-state index in [0.29, 0.717) is 6.61 Å². The molecule has 1 unspecified atom stereocenters. The maximum absolute atomic E-state index is 10.5. The minimum Gasteiger partial charge on any atom is -0.466 e. The Morgan fingerprint density at radius 2 is 2.30 bits per heavy atom. The molecule has 1 N–H and O–H groups in total. The first-order valence-electron chi connectivity index (χ1n) is 2.90. The second-order valence-electron chi connectivity index (χ2n) is 1.58. The summed E-state index contributed by atoms with van der Waals surface area (Å²) in [7, 11) is 0. The van der Waals surface area contributed by atoms with Crippen molar-refractivity contribution in [1.29, 1.82) is 0 Å². The van der Waals surface area contributed by atoms with Gasteiger partial charge in [0.2, 0.25) is 0 Å². The van der Waals surface area contributed by atoms with Crippen LogP contribution in [0, 0.1) is 0 Å². The van der Waals surface area contributed by atoms with Gasteiger partial charge in [0.25, 0.3) is 0 Å². The fourth-order valence-corrected chi connectivity index (χ4v) is 0.745. The van der Waals surface area contributed by atoms with Gasteiger partial charge in [-0.05, 0) is 6.92 Å². The van der Waals surface area contributed by atoms with Gasteiger partial charge < -0.3 is 9.29 Å². The molecule has 0 aromatic carbocycles. The quantitative estimate of drug-likeness (QED) is 0.477. The van der Waals surface area contributed by atoms with E-state index in [-0.39, 0.29) is 12.2 Å². The second-order valence-corrected chi connectivity index (χ2v) is 2.63. The van der Waals surface area contributed by atoms with Gasteiger partial charge >= 0.3 is 5.97 Å². The van der Waals surface area contributed by atoms with E-state index in [9.17, 15) is 9.00 Å². The smallest absolute Gasteiger partial charge is 0.306 e. The molecule has 0 fully saturated rings. The maximum atomic E-state index is 10.5. The average Bonchev–Trinajstić information content (AvgIpc) is 1.85. The van der Waals surface area contributed by atoms with Gasteiger partial charge in [-0.2, -0.15) is 0 Å². The minimum absolute atomic E-state index is 0.0109. The van der Waals surface area contributed by atoms with Crippen LogP contribution in [0.1, 0.15) is 13.3 Å². The molecular weight excluding hydrogens is 156 g/mol. The molecule has 0 saturated heterocycles. The highest BCUT2D eigenvalue weighted by Gasteiger charge is 2.02. The molecule has 0 amide bonds. The Kier molecular flexibility index (Phi) is 5.15. The molecule has 0 radical (unpaired) electrons. The number of rotatable bonds is 4. The lowest BCUT2D eigenvalue weighted by atomic mass is 10.5. The molecule has 5 heteroatoms. The maximum Gasteiger partial charge on any atom is 0.306 e. The van der Waals surface area contributed by atoms with Crippen LogP contribution in [0.15, 0.2) is 0 Å². The van der Waals surface area contributed by atoms with E-state index < -0.39 is 17.0 Å². The van der Waals surface area contributed by atoms with Gasteiger partial charge in [-0.25, -0.2) is 4.21 Å². The van der Waals surface area contributed by atoms with Crippen LogP contribution < -0.4 is 0 Å². The monoisotopic (exact) mass is 166 g/mol. The molecule has 0 aliphatic carbocycles. The number of ether oxygens (including phenoxy) is 1. The van der Waals surface area contributed by atoms with Gasteiger partial charge in [0, 0.05) is 0 Å². The van der Waals surface area contributed by atoms with Crippen LogP contribution in [0.5, 0.6) is 0 Å². The number of carbonyl (C=O) groups excluding carboxylic acids is 1. The van der Waals surface area contributed by atoms with Gasteiger partial charge in [0.1, 0.15) is 0 Å². The molecule has 0 rings (SSSR count). The summed E-state index contributed by atoms with van der Waals surface area (Å²) in [4.78, 5) is 10.5. The Morgan fingerprint density at radius 3 is 2.70 bits per heavy atom. The van der Waals surface area contributed by atoms with Crippen molar-refractivity contribution in [3.63, 3.8) is 0 Å². The molecule has 0 aromatic rings. The molecule has 0 saturated carbocycles. The van der Waals surface area contributed by atoms with E-state index >= 15 is 0 Å². The molecule has 0 aliphatic heterocycles. The number of hydrogen-bond acceptors (Lipinski definition) is 3. The zero-order chi connectivity index (χ0) is 7.98. The van der Waals surface area contributed by atoms with Gasteiger partial charge in [0.05, 0.1) is 18.8 Å². The van der Waals surface area contributed by atoms with Crippen LogP contribution >= 0.6 is 0 Å². The molecule has 4 nitrogen and oxygen atoms in total. The summed E-state index contributed by atoms with van der Waals surface area (Å²) in [6, 6.07) is 0. The Bertz CT molecular complexity index is 134. The summed E-state index contributed by atoms with van der Waals surface area (Å²) < 4.78 is 22.8. The van der Waals surface area contributed by atoms with E-state index in [4.69, 9.17) is 4.55 Å². The third kappa shape index (κ3) is 5.71. The summed E-state index contributed by atoms with van der Waals surface area (Å²) in [5, 5.41) is 0. The van der Waals surface area contributed by atoms with Crippen LogP contribution in [-0.2, 0) is 20.6 Å². The number of carbonyl (C=O) groups is 1. The number of hydrogen-bond donors (Lipinski definition) is 1. The number of esters is 1. The largest absolute Gasteiger partial charge is 0.466 e. The van der Waals surface area contributed by atoms with Crippen molar-refractivity contribution in [1.82, 2.24) is 0 Å². The Hall–Kier alpha value is -0.420. The van der Waals surface area contributed by atoms with Gasteiger partial charge in [-0.15, -0.1) is 0 Å². The van der Waals surface area contributed by atoms with Crippen molar-refractivity contribution in [3.8, 4) is 0 Å². The van der Waals surface area contributed by atoms with Crippen molar-refractivity contribution in [2.75, 3.05) is 12.4 Å². The third-order valence-electron chi connectivity index (χ3n) is 0.786. The van der Waals surface area contributed by atoms with Gasteiger partial charge in [0.15, 0.2) is 11.1 Å². The van der Waals surface area contributed by atoms with Crippen molar-refractivity contribution in [3.05, 3.63) is 0 Å². The molecule has 0 spiro atoms. The Labute approximate surface area is 61.9 Å². The summed E-state index contributed by atoms with van der Waals surface area (Å²) in [5.74, 6) is -0.469. The molecule has 0 aliphatic rings. The van der Waals surface area contributed by atoms with E-state index in [1.165, 1.54) is 0 Å². The predicted octanol–water partition coefficient (Wildman–Crippen LogP) is 0.161. The first kappa shape index (κ1) is 9.58. The van der Waals surface area contributed by atoms with Crippen molar-refractivity contribution < 1.29 is 18.3 Å². The summed E-state index contributed by atoms with van der Waals surface area (Å²) in [5.41, 5.74) is 0. The van der Waals surface area contributed by atoms with E-state index in [1.807, 2.05) is 0 Å². The lowest BCUT2D eigenvalue weighted by molar-refractivity contribution is -0.142. The van der Waals surface area contributed by atoms with E-state index in [1.54, 1.807) is 6.92 Å². The lowest BCUT2D eigenvalue weighted by Crippen LogP contribution is -2.08. The predicted molar refractivity (Wildman–Crippen MR) is 36.9 cm³/mol. The van der Waals surface area contributed by atoms with Crippen molar-refractivity contribution >= 4 is 17.0 Å². The molecule has 10 heavy (non-hydrogen) atoms. The standard InChI is InChI=1S/C5H10O4S/c1-2-9-5(6)3-4-10(7)8/h2-4H2,1H3,(H,7,8). The molecule has 0 aromatic heterocycles. The van der Waals surface area contributed by atoms with Crippen LogP contribution in [0.25, 0.3) is 0 Å². The fraction of sp³-hybridized carbons (Fsp3) is 0.800. The molecule has 1 atom stereocenters. The van der Waals surface area contributed by atoms with Crippen LogP contribution in [-0.4, -0.2) is 27.1 Å². The molecule has 0 heterocycles. The highest BCUT2D eigenvalue weighted by atomic mass is 32.2. The average molecular weight is 166 g/mol. The lowest BCUT2D eigenvalue weighted by Gasteiger charge is -1.97. The second kappa shape index (κ2) is 5.37. The molecule has 0 bridgehead atoms. The SMILES string of the molecule is CCOC(=O)CCS(=O)O. The highest BCUT2D eigenvalue weighted by molar-refractivity contribution is 7.79. The summed E-state index contributed by atoms with van der Waals surface area (Å²) >= 11 is -1.89. The highest BCUT2D eigenvalue weighted by Crippen LogP contribution is 1.87. The first-order chi connectivity index (χ1) is 4.66. The van der Waals surface area contributed by atoms with Gasteiger partial charge in [-0.1, -0.05) is 0 Å². The summed E-state index contributed by atoms with van der Waals surface area (Å²) in [6.45, 7) is 2.00. The fourth-order valence-electron chi connectivity index (χ4n) is 0.404. The first-order valence-corrected chi connectivity index (χ1v) is 4.17. The van der Waals surface area contributed by atoms with Crippen LogP contribution in [0.2, 0.25) is 0 Å². The van der Waals surface area contributed by atoms with Crippen molar-refractivity contribution in [2.45, 2.75) is 13.3 Å². The Morgan fingerprint density at radius 1 is 1.70 bits per heavy atom. The van der Waals surface area contributed by atoms with Crippen molar-refractivity contribution in [2.24, 2.45) is 0 Å². The molecular formula is C5H10O4S. The third-order valence-corrected chi connectivity index (χ3v) is 1.34. The van der Waals surface area contributed by atoms with E-state index in [2.05, 4.69) is 4.74 Å². The minimum atomic E-state index is -1.89. The molecule has 60 valence electrons.